The average Bonchev–Trinajstić information content (AvgIpc) is 2.91. The van der Waals surface area contributed by atoms with E-state index in [1.165, 1.54) is 25.3 Å². The number of benzene rings is 1. The SMILES string of the molecule is COc1cccc(C(=O)Nc2cc(CC(F)(F)F)on2)c1OC(C)=O. The van der Waals surface area contributed by atoms with Crippen LogP contribution in [0.4, 0.5) is 19.0 Å². The summed E-state index contributed by atoms with van der Waals surface area (Å²) in [5, 5.41) is 5.62. The number of alkyl halides is 3. The van der Waals surface area contributed by atoms with E-state index >= 15 is 0 Å². The molecule has 2 aromatic rings. The number of hydrogen-bond donors (Lipinski definition) is 1. The Morgan fingerprint density at radius 1 is 1.32 bits per heavy atom. The van der Waals surface area contributed by atoms with E-state index in [1.54, 1.807) is 0 Å². The molecule has 1 N–H and O–H groups in total. The molecular weight excluding hydrogens is 345 g/mol. The molecule has 0 unspecified atom stereocenters. The Labute approximate surface area is 139 Å². The van der Waals surface area contributed by atoms with Crippen LogP contribution in [0.5, 0.6) is 11.5 Å². The fourth-order valence-corrected chi connectivity index (χ4v) is 1.94. The van der Waals surface area contributed by atoms with Crippen LogP contribution in [0.15, 0.2) is 28.8 Å². The van der Waals surface area contributed by atoms with Crippen LogP contribution >= 0.6 is 0 Å². The van der Waals surface area contributed by atoms with Crippen LogP contribution in [0.2, 0.25) is 0 Å². The van der Waals surface area contributed by atoms with Crippen molar-refractivity contribution in [1.82, 2.24) is 5.16 Å². The van der Waals surface area contributed by atoms with Crippen LogP contribution in [-0.4, -0.2) is 30.3 Å². The summed E-state index contributed by atoms with van der Waals surface area (Å²) in [6, 6.07) is 5.27. The van der Waals surface area contributed by atoms with Gasteiger partial charge in [-0.25, -0.2) is 0 Å². The number of amides is 1. The van der Waals surface area contributed by atoms with E-state index in [9.17, 15) is 22.8 Å². The minimum absolute atomic E-state index is 0.0603. The summed E-state index contributed by atoms with van der Waals surface area (Å²) in [4.78, 5) is 23.5. The lowest BCUT2D eigenvalue weighted by Gasteiger charge is -2.12. The van der Waals surface area contributed by atoms with Gasteiger partial charge < -0.3 is 19.3 Å². The third-order valence-electron chi connectivity index (χ3n) is 2.86. The third kappa shape index (κ3) is 4.96. The Hall–Kier alpha value is -3.04. The first-order valence-corrected chi connectivity index (χ1v) is 6.88. The Bertz CT molecular complexity index is 786. The van der Waals surface area contributed by atoms with Crippen molar-refractivity contribution < 1.29 is 36.8 Å². The molecule has 0 saturated carbocycles. The first-order chi connectivity index (χ1) is 11.7. The number of ether oxygens (including phenoxy) is 2. The Morgan fingerprint density at radius 3 is 2.64 bits per heavy atom. The van der Waals surface area contributed by atoms with Crippen LogP contribution < -0.4 is 14.8 Å². The van der Waals surface area contributed by atoms with E-state index in [4.69, 9.17) is 9.47 Å². The lowest BCUT2D eigenvalue weighted by Crippen LogP contribution is -2.15. The van der Waals surface area contributed by atoms with Gasteiger partial charge in [0, 0.05) is 13.0 Å². The Morgan fingerprint density at radius 2 is 2.04 bits per heavy atom. The number of carbonyl (C=O) groups excluding carboxylic acids is 2. The summed E-state index contributed by atoms with van der Waals surface area (Å²) in [6.45, 7) is 1.15. The van der Waals surface area contributed by atoms with Gasteiger partial charge in [-0.15, -0.1) is 0 Å². The Kier molecular flexibility index (Phi) is 5.30. The van der Waals surface area contributed by atoms with Crippen molar-refractivity contribution in [3.63, 3.8) is 0 Å². The van der Waals surface area contributed by atoms with E-state index in [2.05, 4.69) is 15.0 Å². The molecule has 1 aromatic heterocycles. The van der Waals surface area contributed by atoms with Crippen molar-refractivity contribution in [3.8, 4) is 11.5 Å². The average molecular weight is 358 g/mol. The standard InChI is InChI=1S/C15H13F3N2O5/c1-8(21)24-13-10(4-3-5-11(13)23-2)14(22)19-12-6-9(25-20-12)7-15(16,17)18/h3-6H,7H2,1-2H3,(H,19,20,22). The summed E-state index contributed by atoms with van der Waals surface area (Å²) in [7, 11) is 1.32. The lowest BCUT2D eigenvalue weighted by molar-refractivity contribution is -0.132. The number of rotatable bonds is 5. The van der Waals surface area contributed by atoms with Crippen molar-refractivity contribution in [2.45, 2.75) is 19.5 Å². The summed E-state index contributed by atoms with van der Waals surface area (Å²) in [5.41, 5.74) is -0.0603. The molecule has 0 spiro atoms. The van der Waals surface area contributed by atoms with E-state index < -0.39 is 30.2 Å². The molecule has 134 valence electrons. The number of hydrogen-bond acceptors (Lipinski definition) is 6. The van der Waals surface area contributed by atoms with Crippen molar-refractivity contribution in [3.05, 3.63) is 35.6 Å². The number of esters is 1. The summed E-state index contributed by atoms with van der Waals surface area (Å²) in [5.74, 6) is -2.07. The van der Waals surface area contributed by atoms with Gasteiger partial charge in [-0.3, -0.25) is 9.59 Å². The van der Waals surface area contributed by atoms with Gasteiger partial charge in [-0.05, 0) is 12.1 Å². The topological polar surface area (TPSA) is 90.7 Å². The molecule has 0 bridgehead atoms. The molecule has 0 radical (unpaired) electrons. The van der Waals surface area contributed by atoms with E-state index in [0.29, 0.717) is 0 Å². The molecule has 1 heterocycles. The van der Waals surface area contributed by atoms with E-state index in [0.717, 1.165) is 13.0 Å². The number of methoxy groups -OCH3 is 1. The molecule has 0 atom stereocenters. The van der Waals surface area contributed by atoms with Gasteiger partial charge in [0.15, 0.2) is 17.3 Å². The quantitative estimate of drug-likeness (QED) is 0.653. The van der Waals surface area contributed by atoms with Gasteiger partial charge in [0.2, 0.25) is 0 Å². The highest BCUT2D eigenvalue weighted by atomic mass is 19.4. The minimum atomic E-state index is -4.46. The van der Waals surface area contributed by atoms with Gasteiger partial charge in [0.25, 0.3) is 5.91 Å². The second-order valence-corrected chi connectivity index (χ2v) is 4.86. The van der Waals surface area contributed by atoms with Crippen LogP contribution in [-0.2, 0) is 11.2 Å². The highest BCUT2D eigenvalue weighted by Gasteiger charge is 2.30. The molecule has 0 aliphatic heterocycles. The van der Waals surface area contributed by atoms with Crippen LogP contribution in [0, 0.1) is 0 Å². The van der Waals surface area contributed by atoms with Crippen molar-refractivity contribution in [2.24, 2.45) is 0 Å². The zero-order valence-electron chi connectivity index (χ0n) is 13.1. The van der Waals surface area contributed by atoms with Gasteiger partial charge >= 0.3 is 12.1 Å². The Balaban J connectivity index is 2.22. The first kappa shape index (κ1) is 18.3. The smallest absolute Gasteiger partial charge is 0.396 e. The van der Waals surface area contributed by atoms with Gasteiger partial charge in [0.1, 0.15) is 12.2 Å². The molecule has 0 saturated heterocycles. The summed E-state index contributed by atoms with van der Waals surface area (Å²) in [6.07, 6.45) is -5.77. The summed E-state index contributed by atoms with van der Waals surface area (Å²) >= 11 is 0. The molecule has 1 amide bonds. The molecule has 0 aliphatic carbocycles. The molecule has 1 aromatic carbocycles. The fourth-order valence-electron chi connectivity index (χ4n) is 1.94. The maximum atomic E-state index is 12.3. The highest BCUT2D eigenvalue weighted by molar-refractivity contribution is 6.06. The predicted molar refractivity (Wildman–Crippen MR) is 78.5 cm³/mol. The van der Waals surface area contributed by atoms with Crippen molar-refractivity contribution in [1.29, 1.82) is 0 Å². The normalized spacial score (nSPS) is 11.1. The maximum Gasteiger partial charge on any atom is 0.396 e. The molecule has 0 fully saturated rings. The second kappa shape index (κ2) is 7.24. The number of anilines is 1. The highest BCUT2D eigenvalue weighted by Crippen LogP contribution is 2.32. The summed E-state index contributed by atoms with van der Waals surface area (Å²) < 4.78 is 51.4. The third-order valence-corrected chi connectivity index (χ3v) is 2.86. The van der Waals surface area contributed by atoms with Gasteiger partial charge in [0.05, 0.1) is 12.7 Å². The number of nitrogens with zero attached hydrogens (tertiary/aromatic N) is 1. The largest absolute Gasteiger partial charge is 0.493 e. The molecule has 25 heavy (non-hydrogen) atoms. The van der Waals surface area contributed by atoms with Crippen molar-refractivity contribution in [2.75, 3.05) is 12.4 Å². The van der Waals surface area contributed by atoms with E-state index in [1.807, 2.05) is 0 Å². The predicted octanol–water partition coefficient (Wildman–Crippen LogP) is 2.97. The number of aromatic nitrogens is 1. The zero-order chi connectivity index (χ0) is 18.6. The zero-order valence-corrected chi connectivity index (χ0v) is 13.1. The van der Waals surface area contributed by atoms with Crippen LogP contribution in [0.1, 0.15) is 23.0 Å². The van der Waals surface area contributed by atoms with Crippen LogP contribution in [0.3, 0.4) is 0 Å². The lowest BCUT2D eigenvalue weighted by atomic mass is 10.1. The van der Waals surface area contributed by atoms with Gasteiger partial charge in [-0.2, -0.15) is 13.2 Å². The number of halogens is 3. The number of nitrogens with one attached hydrogen (secondary N) is 1. The van der Waals surface area contributed by atoms with Gasteiger partial charge in [-0.1, -0.05) is 11.2 Å². The monoisotopic (exact) mass is 358 g/mol. The molecule has 0 aliphatic rings. The molecule has 10 heteroatoms. The minimum Gasteiger partial charge on any atom is -0.493 e. The number of para-hydroxylation sites is 1. The van der Waals surface area contributed by atoms with E-state index in [-0.39, 0.29) is 22.9 Å². The first-order valence-electron chi connectivity index (χ1n) is 6.88. The number of carbonyl (C=O) groups is 2. The van der Waals surface area contributed by atoms with Crippen molar-refractivity contribution >= 4 is 17.7 Å². The fraction of sp³-hybridized carbons (Fsp3) is 0.267. The molecule has 7 nitrogen and oxygen atoms in total. The molecular formula is C15H13F3N2O5. The molecule has 2 rings (SSSR count). The van der Waals surface area contributed by atoms with Crippen LogP contribution in [0.25, 0.3) is 0 Å². The second-order valence-electron chi connectivity index (χ2n) is 4.86. The maximum absolute atomic E-state index is 12.3.